The third-order valence-electron chi connectivity index (χ3n) is 2.49. The molecule has 0 radical (unpaired) electrons. The van der Waals surface area contributed by atoms with Gasteiger partial charge in [0.1, 0.15) is 5.82 Å². The number of amides is 1. The lowest BCUT2D eigenvalue weighted by Crippen LogP contribution is -2.29. The van der Waals surface area contributed by atoms with E-state index in [1.165, 1.54) is 12.8 Å². The first kappa shape index (κ1) is 10.2. The number of aromatic nitrogens is 2. The second-order valence-electron chi connectivity index (χ2n) is 3.83. The van der Waals surface area contributed by atoms with Gasteiger partial charge in [-0.05, 0) is 19.3 Å². The number of nitrogens with zero attached hydrogens (tertiary/aromatic N) is 1. The first-order valence-corrected chi connectivity index (χ1v) is 5.35. The second-order valence-corrected chi connectivity index (χ2v) is 3.83. The Hall–Kier alpha value is -1.36. The number of rotatable bonds is 5. The molecule has 1 saturated carbocycles. The highest BCUT2D eigenvalue weighted by atomic mass is 16.2. The molecule has 82 valence electrons. The molecule has 1 aromatic rings. The quantitative estimate of drug-likeness (QED) is 0.666. The van der Waals surface area contributed by atoms with E-state index in [1.807, 2.05) is 6.92 Å². The minimum atomic E-state index is -0.0131. The van der Waals surface area contributed by atoms with Crippen LogP contribution in [0.25, 0.3) is 0 Å². The molecule has 1 aromatic heterocycles. The predicted molar refractivity (Wildman–Crippen MR) is 57.6 cm³/mol. The maximum atomic E-state index is 11.5. The van der Waals surface area contributed by atoms with Crippen LogP contribution in [0.4, 0.5) is 5.82 Å². The predicted octanol–water partition coefficient (Wildman–Crippen LogP) is 0.663. The molecule has 0 saturated heterocycles. The highest BCUT2D eigenvalue weighted by Gasteiger charge is 2.21. The fraction of sp³-hybridized carbons (Fsp3) is 0.600. The fourth-order valence-corrected chi connectivity index (χ4v) is 1.40. The summed E-state index contributed by atoms with van der Waals surface area (Å²) in [7, 11) is 0. The van der Waals surface area contributed by atoms with Crippen molar-refractivity contribution in [3.05, 3.63) is 11.8 Å². The Kier molecular flexibility index (Phi) is 3.01. The first-order valence-electron chi connectivity index (χ1n) is 5.35. The molecule has 1 aliphatic rings. The van der Waals surface area contributed by atoms with Gasteiger partial charge in [0.2, 0.25) is 5.91 Å². The van der Waals surface area contributed by atoms with Gasteiger partial charge in [-0.25, -0.2) is 0 Å². The molecule has 0 atom stereocenters. The van der Waals surface area contributed by atoms with Gasteiger partial charge >= 0.3 is 0 Å². The van der Waals surface area contributed by atoms with E-state index < -0.39 is 0 Å². The number of aryl methyl sites for hydroxylation is 1. The van der Waals surface area contributed by atoms with E-state index in [1.54, 1.807) is 6.20 Å². The minimum Gasteiger partial charge on any atom is -0.310 e. The molecule has 0 bridgehead atoms. The Morgan fingerprint density at radius 1 is 1.67 bits per heavy atom. The highest BCUT2D eigenvalue weighted by Crippen LogP contribution is 2.18. The number of aromatic amines is 1. The summed E-state index contributed by atoms with van der Waals surface area (Å²) in [5.41, 5.74) is 1.04. The zero-order valence-corrected chi connectivity index (χ0v) is 8.84. The van der Waals surface area contributed by atoms with E-state index in [0.29, 0.717) is 12.6 Å². The van der Waals surface area contributed by atoms with Crippen molar-refractivity contribution < 1.29 is 4.79 Å². The number of carbonyl (C=O) groups excluding carboxylic acids is 1. The van der Waals surface area contributed by atoms with E-state index in [9.17, 15) is 4.79 Å². The van der Waals surface area contributed by atoms with Crippen molar-refractivity contribution in [2.45, 2.75) is 32.2 Å². The van der Waals surface area contributed by atoms with Crippen LogP contribution in [0, 0.1) is 0 Å². The average molecular weight is 208 g/mol. The maximum Gasteiger partial charge on any atom is 0.239 e. The number of anilines is 1. The molecular weight excluding hydrogens is 192 g/mol. The zero-order chi connectivity index (χ0) is 10.7. The van der Waals surface area contributed by atoms with Crippen LogP contribution in [0.3, 0.4) is 0 Å². The molecule has 3 N–H and O–H groups in total. The van der Waals surface area contributed by atoms with Crippen LogP contribution in [0.2, 0.25) is 0 Å². The molecule has 15 heavy (non-hydrogen) atoms. The number of carbonyl (C=O) groups is 1. The Balaban J connectivity index is 1.81. The highest BCUT2D eigenvalue weighted by molar-refractivity contribution is 5.91. The van der Waals surface area contributed by atoms with Crippen LogP contribution in [-0.2, 0) is 11.2 Å². The molecule has 0 spiro atoms. The van der Waals surface area contributed by atoms with Crippen molar-refractivity contribution in [3.8, 4) is 0 Å². The third-order valence-corrected chi connectivity index (χ3v) is 2.49. The molecule has 0 aliphatic heterocycles. The number of hydrogen-bond acceptors (Lipinski definition) is 3. The van der Waals surface area contributed by atoms with Crippen molar-refractivity contribution in [2.24, 2.45) is 0 Å². The van der Waals surface area contributed by atoms with Gasteiger partial charge in [-0.3, -0.25) is 9.89 Å². The summed E-state index contributed by atoms with van der Waals surface area (Å²) in [5.74, 6) is 0.709. The lowest BCUT2D eigenvalue weighted by molar-refractivity contribution is -0.115. The largest absolute Gasteiger partial charge is 0.310 e. The second kappa shape index (κ2) is 4.44. The standard InChI is InChI=1S/C10H16N4O/c1-2-7-5-12-14-10(7)13-9(15)6-11-8-3-4-8/h5,8,11H,2-4,6H2,1H3,(H2,12,13,14,15). The monoisotopic (exact) mass is 208 g/mol. The molecular formula is C10H16N4O. The minimum absolute atomic E-state index is 0.0131. The molecule has 1 aliphatic carbocycles. The topological polar surface area (TPSA) is 69.8 Å². The van der Waals surface area contributed by atoms with Gasteiger partial charge in [0.25, 0.3) is 0 Å². The molecule has 0 aromatic carbocycles. The van der Waals surface area contributed by atoms with Crippen molar-refractivity contribution in [1.29, 1.82) is 0 Å². The summed E-state index contributed by atoms with van der Waals surface area (Å²) in [6, 6.07) is 0.558. The van der Waals surface area contributed by atoms with E-state index in [4.69, 9.17) is 0 Å². The van der Waals surface area contributed by atoms with Crippen molar-refractivity contribution >= 4 is 11.7 Å². The number of nitrogens with one attached hydrogen (secondary N) is 3. The summed E-state index contributed by atoms with van der Waals surface area (Å²) in [6.45, 7) is 2.41. The van der Waals surface area contributed by atoms with Crippen molar-refractivity contribution in [2.75, 3.05) is 11.9 Å². The third kappa shape index (κ3) is 2.79. The molecule has 1 amide bonds. The van der Waals surface area contributed by atoms with Crippen LogP contribution < -0.4 is 10.6 Å². The zero-order valence-electron chi connectivity index (χ0n) is 8.84. The Morgan fingerprint density at radius 2 is 2.47 bits per heavy atom. The number of H-pyrrole nitrogens is 1. The van der Waals surface area contributed by atoms with E-state index in [-0.39, 0.29) is 5.91 Å². The molecule has 1 heterocycles. The molecule has 5 nitrogen and oxygen atoms in total. The van der Waals surface area contributed by atoms with Gasteiger partial charge in [-0.15, -0.1) is 0 Å². The van der Waals surface area contributed by atoms with E-state index in [0.717, 1.165) is 17.8 Å². The van der Waals surface area contributed by atoms with Crippen molar-refractivity contribution in [3.63, 3.8) is 0 Å². The lowest BCUT2D eigenvalue weighted by atomic mass is 10.2. The number of hydrogen-bond donors (Lipinski definition) is 3. The van der Waals surface area contributed by atoms with Crippen LogP contribution in [0.1, 0.15) is 25.3 Å². The fourth-order valence-electron chi connectivity index (χ4n) is 1.40. The van der Waals surface area contributed by atoms with Crippen molar-refractivity contribution in [1.82, 2.24) is 15.5 Å². The van der Waals surface area contributed by atoms with Gasteiger partial charge in [0.15, 0.2) is 0 Å². The van der Waals surface area contributed by atoms with E-state index >= 15 is 0 Å². The van der Waals surface area contributed by atoms with E-state index in [2.05, 4.69) is 20.8 Å². The maximum absolute atomic E-state index is 11.5. The summed E-state index contributed by atoms with van der Waals surface area (Å²) < 4.78 is 0. The summed E-state index contributed by atoms with van der Waals surface area (Å²) in [5, 5.41) is 12.6. The Morgan fingerprint density at radius 3 is 3.13 bits per heavy atom. The molecule has 0 unspecified atom stereocenters. The smallest absolute Gasteiger partial charge is 0.239 e. The Labute approximate surface area is 88.6 Å². The van der Waals surface area contributed by atoms with Crippen LogP contribution in [0.5, 0.6) is 0 Å². The van der Waals surface area contributed by atoms with Crippen LogP contribution in [-0.4, -0.2) is 28.7 Å². The van der Waals surface area contributed by atoms with Crippen LogP contribution >= 0.6 is 0 Å². The van der Waals surface area contributed by atoms with Crippen LogP contribution in [0.15, 0.2) is 6.20 Å². The summed E-state index contributed by atoms with van der Waals surface area (Å²) in [6.07, 6.45) is 4.99. The first-order chi connectivity index (χ1) is 7.29. The van der Waals surface area contributed by atoms with Gasteiger partial charge in [0, 0.05) is 11.6 Å². The Bertz CT molecular complexity index is 343. The molecule has 1 fully saturated rings. The van der Waals surface area contributed by atoms with Gasteiger partial charge in [0.05, 0.1) is 12.7 Å². The van der Waals surface area contributed by atoms with Gasteiger partial charge in [-0.2, -0.15) is 5.10 Å². The van der Waals surface area contributed by atoms with Gasteiger partial charge in [-0.1, -0.05) is 6.92 Å². The molecule has 5 heteroatoms. The molecule has 2 rings (SSSR count). The van der Waals surface area contributed by atoms with Gasteiger partial charge < -0.3 is 10.6 Å². The SMILES string of the molecule is CCc1cn[nH]c1NC(=O)CNC1CC1. The summed E-state index contributed by atoms with van der Waals surface area (Å²) >= 11 is 0. The normalized spacial score (nSPS) is 15.3. The lowest BCUT2D eigenvalue weighted by Gasteiger charge is -2.05. The average Bonchev–Trinajstić information content (AvgIpc) is 2.96. The summed E-state index contributed by atoms with van der Waals surface area (Å²) in [4.78, 5) is 11.5.